The first-order valence-corrected chi connectivity index (χ1v) is 11.1. The number of sulfonamides is 1. The fourth-order valence-electron chi connectivity index (χ4n) is 3.19. The highest BCUT2D eigenvalue weighted by molar-refractivity contribution is 7.99. The molecule has 0 saturated carbocycles. The number of nitrogens with zero attached hydrogens (tertiary/aromatic N) is 2. The van der Waals surface area contributed by atoms with Crippen LogP contribution in [0.15, 0.2) is 52.5 Å². The molecule has 1 aromatic heterocycles. The lowest BCUT2D eigenvalue weighted by molar-refractivity contribution is 0.255. The molecular weight excluding hydrogens is 352 g/mol. The van der Waals surface area contributed by atoms with Gasteiger partial charge in [0.15, 0.2) is 0 Å². The number of hydrogen-bond donors (Lipinski definition) is 0. The van der Waals surface area contributed by atoms with E-state index in [4.69, 9.17) is 0 Å². The molecule has 1 fully saturated rings. The third-order valence-electron chi connectivity index (χ3n) is 4.52. The maximum absolute atomic E-state index is 13.2. The largest absolute Gasteiger partial charge is 0.250 e. The Morgan fingerprint density at radius 3 is 2.56 bits per heavy atom. The molecule has 0 amide bonds. The first kappa shape index (κ1) is 18.4. The lowest BCUT2D eigenvalue weighted by Crippen LogP contribution is -2.38. The summed E-state index contributed by atoms with van der Waals surface area (Å²) < 4.78 is 28.0. The Balaban J connectivity index is 1.91. The summed E-state index contributed by atoms with van der Waals surface area (Å²) in [5.74, 6) is 0.976. The molecule has 25 heavy (non-hydrogen) atoms. The predicted octanol–water partition coefficient (Wildman–Crippen LogP) is 4.42. The van der Waals surface area contributed by atoms with E-state index in [1.807, 2.05) is 37.4 Å². The monoisotopic (exact) mass is 376 g/mol. The number of thioether (sulfide) groups is 1. The fourth-order valence-corrected chi connectivity index (χ4v) is 5.46. The van der Waals surface area contributed by atoms with E-state index in [1.165, 1.54) is 0 Å². The van der Waals surface area contributed by atoms with Crippen LogP contribution in [-0.4, -0.2) is 30.0 Å². The Bertz CT molecular complexity index is 802. The average molecular weight is 377 g/mol. The molecule has 6 heteroatoms. The van der Waals surface area contributed by atoms with Crippen LogP contribution in [0.4, 0.5) is 0 Å². The molecule has 3 rings (SSSR count). The molecule has 0 spiro atoms. The van der Waals surface area contributed by atoms with Crippen LogP contribution in [0, 0.1) is 6.92 Å². The van der Waals surface area contributed by atoms with Crippen LogP contribution in [0.5, 0.6) is 0 Å². The van der Waals surface area contributed by atoms with Crippen LogP contribution >= 0.6 is 11.8 Å². The van der Waals surface area contributed by atoms with E-state index >= 15 is 0 Å². The van der Waals surface area contributed by atoms with Gasteiger partial charge in [0.2, 0.25) is 10.0 Å². The zero-order chi connectivity index (χ0) is 17.9. The summed E-state index contributed by atoms with van der Waals surface area (Å²) >= 11 is 1.69. The minimum Gasteiger partial charge on any atom is -0.250 e. The molecule has 1 aliphatic heterocycles. The summed E-state index contributed by atoms with van der Waals surface area (Å²) in [6, 6.07) is 11.0. The van der Waals surface area contributed by atoms with Gasteiger partial charge in [-0.2, -0.15) is 4.31 Å². The van der Waals surface area contributed by atoms with Crippen molar-refractivity contribution < 1.29 is 8.42 Å². The fraction of sp³-hybridized carbons (Fsp3) is 0.421. The van der Waals surface area contributed by atoms with Crippen molar-refractivity contribution in [1.29, 1.82) is 0 Å². The zero-order valence-electron chi connectivity index (χ0n) is 14.7. The molecule has 1 saturated heterocycles. The third-order valence-corrected chi connectivity index (χ3v) is 7.27. The highest BCUT2D eigenvalue weighted by Gasteiger charge is 2.34. The molecule has 0 bridgehead atoms. The number of aryl methyl sites for hydroxylation is 1. The van der Waals surface area contributed by atoms with Crippen LogP contribution in [-0.2, 0) is 10.0 Å². The van der Waals surface area contributed by atoms with Crippen molar-refractivity contribution in [3.05, 3.63) is 53.7 Å². The van der Waals surface area contributed by atoms with Crippen molar-refractivity contribution in [2.45, 2.75) is 49.1 Å². The molecule has 2 aromatic rings. The normalized spacial score (nSPS) is 19.0. The van der Waals surface area contributed by atoms with E-state index in [0.717, 1.165) is 41.2 Å². The predicted molar refractivity (Wildman–Crippen MR) is 102 cm³/mol. The zero-order valence-corrected chi connectivity index (χ0v) is 16.3. The minimum atomic E-state index is -3.50. The molecule has 2 heterocycles. The molecule has 0 radical (unpaired) electrons. The summed E-state index contributed by atoms with van der Waals surface area (Å²) in [5, 5.41) is 0.981. The van der Waals surface area contributed by atoms with Gasteiger partial charge in [-0.15, -0.1) is 11.8 Å². The summed E-state index contributed by atoms with van der Waals surface area (Å²) in [5.41, 5.74) is 2.04. The van der Waals surface area contributed by atoms with Gasteiger partial charge < -0.3 is 0 Å². The molecule has 1 aromatic carbocycles. The number of rotatable bonds is 5. The lowest BCUT2D eigenvalue weighted by atomic mass is 9.99. The van der Waals surface area contributed by atoms with E-state index in [-0.39, 0.29) is 6.04 Å². The highest BCUT2D eigenvalue weighted by atomic mass is 32.2. The second-order valence-corrected chi connectivity index (χ2v) is 9.48. The topological polar surface area (TPSA) is 50.3 Å². The van der Waals surface area contributed by atoms with Gasteiger partial charge in [0.05, 0.1) is 16.0 Å². The standard InChI is InChI=1S/C19H24N2O2S2/c1-3-24-19-12-9-16(14-20-19)18-6-4-5-13-21(18)25(22,23)17-10-7-15(2)8-11-17/h7-12,14,18H,3-6,13H2,1-2H3/t18-/m1/s1. The first-order chi connectivity index (χ1) is 12.0. The van der Waals surface area contributed by atoms with E-state index < -0.39 is 10.0 Å². The lowest BCUT2D eigenvalue weighted by Gasteiger charge is -2.34. The van der Waals surface area contributed by atoms with Crippen molar-refractivity contribution in [2.24, 2.45) is 0 Å². The van der Waals surface area contributed by atoms with Crippen LogP contribution in [0.2, 0.25) is 0 Å². The summed E-state index contributed by atoms with van der Waals surface area (Å²) in [6.45, 7) is 4.62. The Morgan fingerprint density at radius 2 is 1.92 bits per heavy atom. The Labute approximate surface area is 154 Å². The third kappa shape index (κ3) is 4.07. The molecule has 4 nitrogen and oxygen atoms in total. The van der Waals surface area contributed by atoms with E-state index in [0.29, 0.717) is 11.4 Å². The van der Waals surface area contributed by atoms with Gasteiger partial charge in [-0.05, 0) is 49.3 Å². The van der Waals surface area contributed by atoms with Crippen molar-refractivity contribution in [3.63, 3.8) is 0 Å². The molecule has 1 aliphatic rings. The molecule has 0 unspecified atom stereocenters. The number of hydrogen-bond acceptors (Lipinski definition) is 4. The average Bonchev–Trinajstić information content (AvgIpc) is 2.63. The second-order valence-electron chi connectivity index (χ2n) is 6.30. The van der Waals surface area contributed by atoms with Gasteiger partial charge in [0.25, 0.3) is 0 Å². The van der Waals surface area contributed by atoms with Gasteiger partial charge >= 0.3 is 0 Å². The van der Waals surface area contributed by atoms with Crippen LogP contribution < -0.4 is 0 Å². The Morgan fingerprint density at radius 1 is 1.16 bits per heavy atom. The summed E-state index contributed by atoms with van der Waals surface area (Å²) in [7, 11) is -3.50. The molecule has 0 aliphatic carbocycles. The van der Waals surface area contributed by atoms with Crippen molar-refractivity contribution in [2.75, 3.05) is 12.3 Å². The van der Waals surface area contributed by atoms with Crippen LogP contribution in [0.1, 0.15) is 43.4 Å². The number of benzene rings is 1. The maximum atomic E-state index is 13.2. The summed E-state index contributed by atoms with van der Waals surface area (Å²) in [6.07, 6.45) is 4.62. The van der Waals surface area contributed by atoms with Gasteiger partial charge in [0.1, 0.15) is 0 Å². The van der Waals surface area contributed by atoms with E-state index in [1.54, 1.807) is 28.2 Å². The van der Waals surface area contributed by atoms with Gasteiger partial charge in [0, 0.05) is 12.7 Å². The minimum absolute atomic E-state index is 0.131. The van der Waals surface area contributed by atoms with E-state index in [2.05, 4.69) is 11.9 Å². The maximum Gasteiger partial charge on any atom is 0.243 e. The molecule has 134 valence electrons. The second kappa shape index (κ2) is 7.89. The Hall–Kier alpha value is -1.37. The van der Waals surface area contributed by atoms with Crippen LogP contribution in [0.3, 0.4) is 0 Å². The number of piperidine rings is 1. The first-order valence-electron chi connectivity index (χ1n) is 8.69. The number of pyridine rings is 1. The van der Waals surface area contributed by atoms with Crippen LogP contribution in [0.25, 0.3) is 0 Å². The quantitative estimate of drug-likeness (QED) is 0.725. The van der Waals surface area contributed by atoms with E-state index in [9.17, 15) is 8.42 Å². The molecule has 1 atom stereocenters. The van der Waals surface area contributed by atoms with Crippen molar-refractivity contribution >= 4 is 21.8 Å². The highest BCUT2D eigenvalue weighted by Crippen LogP contribution is 2.35. The Kier molecular flexibility index (Phi) is 5.81. The SMILES string of the molecule is CCSc1ccc([C@H]2CCCCN2S(=O)(=O)c2ccc(C)cc2)cn1. The van der Waals surface area contributed by atoms with Crippen molar-refractivity contribution in [1.82, 2.24) is 9.29 Å². The van der Waals surface area contributed by atoms with Gasteiger partial charge in [-0.1, -0.05) is 37.1 Å². The molecular formula is C19H24N2O2S2. The van der Waals surface area contributed by atoms with Gasteiger partial charge in [-0.3, -0.25) is 0 Å². The smallest absolute Gasteiger partial charge is 0.243 e. The summed E-state index contributed by atoms with van der Waals surface area (Å²) in [4.78, 5) is 4.86. The van der Waals surface area contributed by atoms with Gasteiger partial charge in [-0.25, -0.2) is 13.4 Å². The number of aromatic nitrogens is 1. The molecule has 0 N–H and O–H groups in total. The van der Waals surface area contributed by atoms with Crippen molar-refractivity contribution in [3.8, 4) is 0 Å².